The number of alkyl halides is 3. The number of aromatic hydroxyl groups is 2. The SMILES string of the molecule is O=S(=O)(Nc1ccc(-c2ccc(CC3NCCc4cc(O)c(O)cc43)cc2)cc1)c1ccc(-c2nc(-c3ccc(C(F)(F)F)cc3)cs2)cc1. The van der Waals surface area contributed by atoms with Gasteiger partial charge in [0.25, 0.3) is 10.0 Å². The fourth-order valence-electron chi connectivity index (χ4n) is 6.01. The van der Waals surface area contributed by atoms with E-state index in [4.69, 9.17) is 0 Å². The van der Waals surface area contributed by atoms with Crippen LogP contribution in [0.5, 0.6) is 11.5 Å². The highest BCUT2D eigenvalue weighted by atomic mass is 32.2. The largest absolute Gasteiger partial charge is 0.504 e. The van der Waals surface area contributed by atoms with Gasteiger partial charge in [0.1, 0.15) is 5.01 Å². The van der Waals surface area contributed by atoms with Crippen LogP contribution in [0.15, 0.2) is 119 Å². The van der Waals surface area contributed by atoms with Gasteiger partial charge in [-0.2, -0.15) is 13.2 Å². The molecule has 4 N–H and O–H groups in total. The molecule has 1 unspecified atom stereocenters. The maximum Gasteiger partial charge on any atom is 0.416 e. The van der Waals surface area contributed by atoms with Crippen LogP contribution in [0.1, 0.15) is 28.3 Å². The number of thiazole rings is 1. The lowest BCUT2D eigenvalue weighted by Crippen LogP contribution is -2.31. The molecule has 2 heterocycles. The monoisotopic (exact) mass is 713 g/mol. The number of halogens is 3. The number of hydrogen-bond donors (Lipinski definition) is 4. The van der Waals surface area contributed by atoms with E-state index in [1.807, 2.05) is 36.4 Å². The molecule has 0 spiro atoms. The van der Waals surface area contributed by atoms with Gasteiger partial charge in [-0.3, -0.25) is 4.72 Å². The molecular weight excluding hydrogens is 684 g/mol. The van der Waals surface area contributed by atoms with E-state index < -0.39 is 21.8 Å². The molecule has 0 bridgehead atoms. The summed E-state index contributed by atoms with van der Waals surface area (Å²) in [4.78, 5) is 4.61. The number of phenolic OH excluding ortho intramolecular Hbond substituents is 2. The van der Waals surface area contributed by atoms with Gasteiger partial charge in [0.2, 0.25) is 0 Å². The average molecular weight is 714 g/mol. The second-order valence-corrected chi connectivity index (χ2v) is 14.6. The molecule has 0 fully saturated rings. The fraction of sp³-hybridized carbons (Fsp3) is 0.132. The van der Waals surface area contributed by atoms with Crippen LogP contribution in [0.4, 0.5) is 18.9 Å². The number of fused-ring (bicyclic) bond motifs is 1. The molecule has 5 aromatic carbocycles. The lowest BCUT2D eigenvalue weighted by atomic mass is 9.89. The van der Waals surface area contributed by atoms with Crippen LogP contribution in [0.2, 0.25) is 0 Å². The van der Waals surface area contributed by atoms with Gasteiger partial charge >= 0.3 is 6.18 Å². The summed E-state index contributed by atoms with van der Waals surface area (Å²) in [6, 6.07) is 29.6. The van der Waals surface area contributed by atoms with E-state index in [9.17, 15) is 31.8 Å². The molecule has 1 aliphatic rings. The predicted octanol–water partition coefficient (Wildman–Crippen LogP) is 8.80. The predicted molar refractivity (Wildman–Crippen MR) is 189 cm³/mol. The Morgan fingerprint density at radius 2 is 1.40 bits per heavy atom. The Balaban J connectivity index is 0.984. The molecule has 50 heavy (non-hydrogen) atoms. The van der Waals surface area contributed by atoms with E-state index >= 15 is 0 Å². The summed E-state index contributed by atoms with van der Waals surface area (Å²) in [5.41, 5.74) is 6.46. The Kier molecular flexibility index (Phi) is 8.85. The zero-order chi connectivity index (χ0) is 35.0. The summed E-state index contributed by atoms with van der Waals surface area (Å²) < 4.78 is 67.7. The van der Waals surface area contributed by atoms with Crippen molar-refractivity contribution in [1.29, 1.82) is 0 Å². The number of nitrogens with zero attached hydrogens (tertiary/aromatic N) is 1. The van der Waals surface area contributed by atoms with Crippen molar-refractivity contribution >= 4 is 27.0 Å². The summed E-state index contributed by atoms with van der Waals surface area (Å²) >= 11 is 1.31. The summed E-state index contributed by atoms with van der Waals surface area (Å²) in [7, 11) is -3.88. The Morgan fingerprint density at radius 1 is 0.800 bits per heavy atom. The molecule has 0 aliphatic carbocycles. The molecule has 1 aliphatic heterocycles. The standard InChI is InChI=1S/C38H30F3N3O4S2/c39-38(40,41)29-11-5-26(6-12-29)34-22-49-37(43-34)27-9-15-31(16-10-27)50(47,48)44-30-13-7-25(8-14-30)24-3-1-23(2-4-24)19-33-32-21-36(46)35(45)20-28(32)17-18-42-33/h1-16,20-22,33,42,44-46H,17-19H2. The lowest BCUT2D eigenvalue weighted by molar-refractivity contribution is -0.137. The number of hydrogen-bond acceptors (Lipinski definition) is 7. The number of rotatable bonds is 8. The fourth-order valence-corrected chi connectivity index (χ4v) is 7.90. The molecule has 254 valence electrons. The summed E-state index contributed by atoms with van der Waals surface area (Å²) in [6.07, 6.45) is -2.92. The number of anilines is 1. The molecule has 7 rings (SSSR count). The zero-order valence-electron chi connectivity index (χ0n) is 26.3. The normalized spacial score (nSPS) is 14.7. The summed E-state index contributed by atoms with van der Waals surface area (Å²) in [5.74, 6) is -0.227. The van der Waals surface area contributed by atoms with Crippen LogP contribution in [-0.4, -0.2) is 30.2 Å². The van der Waals surface area contributed by atoms with Crippen LogP contribution in [0.3, 0.4) is 0 Å². The van der Waals surface area contributed by atoms with E-state index in [1.165, 1.54) is 35.6 Å². The van der Waals surface area contributed by atoms with E-state index in [1.54, 1.807) is 41.8 Å². The minimum atomic E-state index is -4.41. The van der Waals surface area contributed by atoms with Crippen molar-refractivity contribution in [3.8, 4) is 44.5 Å². The number of benzene rings is 5. The Bertz CT molecular complexity index is 2250. The maximum atomic E-state index is 13.2. The molecule has 7 nitrogen and oxygen atoms in total. The minimum absolute atomic E-state index is 0.0146. The van der Waals surface area contributed by atoms with E-state index in [0.717, 1.165) is 52.9 Å². The molecule has 0 saturated carbocycles. The number of nitrogens with one attached hydrogen (secondary N) is 2. The smallest absolute Gasteiger partial charge is 0.416 e. The molecule has 0 radical (unpaired) electrons. The van der Waals surface area contributed by atoms with Gasteiger partial charge in [0.15, 0.2) is 11.5 Å². The van der Waals surface area contributed by atoms with Crippen LogP contribution < -0.4 is 10.0 Å². The van der Waals surface area contributed by atoms with Crippen molar-refractivity contribution in [3.05, 3.63) is 137 Å². The van der Waals surface area contributed by atoms with Crippen molar-refractivity contribution < 1.29 is 31.8 Å². The highest BCUT2D eigenvalue weighted by Crippen LogP contribution is 2.36. The molecule has 1 aromatic heterocycles. The van der Waals surface area contributed by atoms with Crippen LogP contribution in [0, 0.1) is 0 Å². The molecule has 12 heteroatoms. The Hall–Kier alpha value is -5.17. The molecule has 1 atom stereocenters. The number of sulfonamides is 1. The van der Waals surface area contributed by atoms with E-state index in [2.05, 4.69) is 15.0 Å². The first-order valence-corrected chi connectivity index (χ1v) is 18.0. The van der Waals surface area contributed by atoms with Gasteiger partial charge in [-0.25, -0.2) is 13.4 Å². The quantitative estimate of drug-likeness (QED) is 0.117. The molecule has 0 amide bonds. The number of aromatic nitrogens is 1. The lowest BCUT2D eigenvalue weighted by Gasteiger charge is -2.27. The Labute approximate surface area is 290 Å². The molecule has 6 aromatic rings. The second-order valence-electron chi connectivity index (χ2n) is 12.0. The van der Waals surface area contributed by atoms with Gasteiger partial charge < -0.3 is 15.5 Å². The highest BCUT2D eigenvalue weighted by Gasteiger charge is 2.30. The van der Waals surface area contributed by atoms with Gasteiger partial charge in [-0.15, -0.1) is 11.3 Å². The van der Waals surface area contributed by atoms with E-state index in [0.29, 0.717) is 33.9 Å². The molecular formula is C38H30F3N3O4S2. The zero-order valence-corrected chi connectivity index (χ0v) is 27.9. The number of phenols is 2. The first kappa shape index (κ1) is 33.3. The first-order valence-electron chi connectivity index (χ1n) is 15.7. The Morgan fingerprint density at radius 3 is 2.06 bits per heavy atom. The van der Waals surface area contributed by atoms with Crippen LogP contribution >= 0.6 is 11.3 Å². The minimum Gasteiger partial charge on any atom is -0.504 e. The van der Waals surface area contributed by atoms with Gasteiger partial charge in [0.05, 0.1) is 16.2 Å². The third-order valence-electron chi connectivity index (χ3n) is 8.68. The van der Waals surface area contributed by atoms with Crippen molar-refractivity contribution in [3.63, 3.8) is 0 Å². The first-order chi connectivity index (χ1) is 23.9. The van der Waals surface area contributed by atoms with Gasteiger partial charge in [-0.05, 0) is 95.7 Å². The topological polar surface area (TPSA) is 112 Å². The molecule has 0 saturated heterocycles. The maximum absolute atomic E-state index is 13.2. The summed E-state index contributed by atoms with van der Waals surface area (Å²) in [6.45, 7) is 0.784. The second kappa shape index (κ2) is 13.3. The van der Waals surface area contributed by atoms with Crippen molar-refractivity contribution in [1.82, 2.24) is 10.3 Å². The van der Waals surface area contributed by atoms with Gasteiger partial charge in [-0.1, -0.05) is 60.7 Å². The van der Waals surface area contributed by atoms with E-state index in [-0.39, 0.29) is 22.4 Å². The highest BCUT2D eigenvalue weighted by molar-refractivity contribution is 7.92. The van der Waals surface area contributed by atoms with Crippen LogP contribution in [0.25, 0.3) is 33.0 Å². The van der Waals surface area contributed by atoms with Crippen molar-refractivity contribution in [2.75, 3.05) is 11.3 Å². The average Bonchev–Trinajstić information content (AvgIpc) is 3.60. The third-order valence-corrected chi connectivity index (χ3v) is 11.0. The third kappa shape index (κ3) is 7.09. The van der Waals surface area contributed by atoms with Crippen molar-refractivity contribution in [2.24, 2.45) is 0 Å². The van der Waals surface area contributed by atoms with Crippen molar-refractivity contribution in [2.45, 2.75) is 30.0 Å². The summed E-state index contributed by atoms with van der Waals surface area (Å²) in [5, 5.41) is 25.8. The van der Waals surface area contributed by atoms with Crippen LogP contribution in [-0.2, 0) is 29.0 Å². The van der Waals surface area contributed by atoms with Gasteiger partial charge in [0, 0.05) is 28.2 Å².